The molecule has 2 rings (SSSR count). The van der Waals surface area contributed by atoms with Gasteiger partial charge in [-0.05, 0) is 31.0 Å². The van der Waals surface area contributed by atoms with Crippen LogP contribution >= 0.6 is 0 Å². The molecule has 86 valence electrons. The van der Waals surface area contributed by atoms with Crippen molar-refractivity contribution in [1.82, 2.24) is 5.32 Å². The Morgan fingerprint density at radius 2 is 2.12 bits per heavy atom. The normalized spacial score (nSPS) is 15.6. The van der Waals surface area contributed by atoms with Crippen LogP contribution in [0.15, 0.2) is 30.4 Å². The van der Waals surface area contributed by atoms with E-state index in [0.717, 1.165) is 24.2 Å². The van der Waals surface area contributed by atoms with Crippen molar-refractivity contribution in [2.24, 2.45) is 0 Å². The number of aromatic hydroxyl groups is 1. The van der Waals surface area contributed by atoms with Gasteiger partial charge in [0.25, 0.3) is 0 Å². The highest BCUT2D eigenvalue weighted by Crippen LogP contribution is 2.23. The summed E-state index contributed by atoms with van der Waals surface area (Å²) >= 11 is 0. The largest absolute Gasteiger partial charge is 0.508 e. The minimum Gasteiger partial charge on any atom is -0.508 e. The first-order chi connectivity index (χ1) is 7.79. The molecule has 0 saturated heterocycles. The summed E-state index contributed by atoms with van der Waals surface area (Å²) in [6.07, 6.45) is 6.52. The molecule has 0 aliphatic heterocycles. The first kappa shape index (κ1) is 11.0. The molecule has 0 heterocycles. The number of hydrogen-bond donors (Lipinski definition) is 2. The van der Waals surface area contributed by atoms with Gasteiger partial charge in [-0.2, -0.15) is 0 Å². The van der Waals surface area contributed by atoms with Crippen LogP contribution in [0.5, 0.6) is 11.5 Å². The monoisotopic (exact) mass is 219 g/mol. The maximum Gasteiger partial charge on any atom is 0.120 e. The zero-order valence-electron chi connectivity index (χ0n) is 9.44. The van der Waals surface area contributed by atoms with Gasteiger partial charge in [-0.1, -0.05) is 12.2 Å². The predicted octanol–water partition coefficient (Wildman–Crippen LogP) is 2.21. The number of methoxy groups -OCH3 is 1. The lowest BCUT2D eigenvalue weighted by Gasteiger charge is -2.13. The predicted molar refractivity (Wildman–Crippen MR) is 63.7 cm³/mol. The van der Waals surface area contributed by atoms with E-state index in [0.29, 0.717) is 18.3 Å². The van der Waals surface area contributed by atoms with Crippen LogP contribution in [-0.4, -0.2) is 18.3 Å². The topological polar surface area (TPSA) is 41.5 Å². The second-order valence-corrected chi connectivity index (χ2v) is 4.02. The Morgan fingerprint density at radius 3 is 2.81 bits per heavy atom. The lowest BCUT2D eigenvalue weighted by atomic mass is 10.1. The third-order valence-corrected chi connectivity index (χ3v) is 2.88. The molecule has 0 amide bonds. The average molecular weight is 219 g/mol. The van der Waals surface area contributed by atoms with Crippen LogP contribution in [0.25, 0.3) is 0 Å². The smallest absolute Gasteiger partial charge is 0.120 e. The molecule has 2 N–H and O–H groups in total. The van der Waals surface area contributed by atoms with Crippen molar-refractivity contribution in [1.29, 1.82) is 0 Å². The summed E-state index contributed by atoms with van der Waals surface area (Å²) in [6, 6.07) is 5.80. The van der Waals surface area contributed by atoms with Crippen LogP contribution in [0.1, 0.15) is 18.4 Å². The molecule has 1 aromatic rings. The molecular weight excluding hydrogens is 202 g/mol. The fourth-order valence-corrected chi connectivity index (χ4v) is 1.87. The van der Waals surface area contributed by atoms with E-state index in [9.17, 15) is 5.11 Å². The zero-order chi connectivity index (χ0) is 11.4. The van der Waals surface area contributed by atoms with Gasteiger partial charge in [0.05, 0.1) is 7.11 Å². The summed E-state index contributed by atoms with van der Waals surface area (Å²) in [6.45, 7) is 0.676. The van der Waals surface area contributed by atoms with Crippen LogP contribution in [0, 0.1) is 0 Å². The first-order valence-corrected chi connectivity index (χ1v) is 5.54. The van der Waals surface area contributed by atoms with E-state index >= 15 is 0 Å². The van der Waals surface area contributed by atoms with E-state index in [1.165, 1.54) is 0 Å². The Morgan fingerprint density at radius 1 is 1.38 bits per heavy atom. The molecule has 0 atom stereocenters. The zero-order valence-corrected chi connectivity index (χ0v) is 9.44. The molecule has 0 radical (unpaired) electrons. The first-order valence-electron chi connectivity index (χ1n) is 5.54. The van der Waals surface area contributed by atoms with Crippen molar-refractivity contribution < 1.29 is 9.84 Å². The van der Waals surface area contributed by atoms with Gasteiger partial charge >= 0.3 is 0 Å². The number of hydrogen-bond acceptors (Lipinski definition) is 3. The lowest BCUT2D eigenvalue weighted by molar-refractivity contribution is 0.409. The summed E-state index contributed by atoms with van der Waals surface area (Å²) in [4.78, 5) is 0. The van der Waals surface area contributed by atoms with Gasteiger partial charge in [0.1, 0.15) is 11.5 Å². The quantitative estimate of drug-likeness (QED) is 0.763. The van der Waals surface area contributed by atoms with Gasteiger partial charge in [-0.15, -0.1) is 0 Å². The van der Waals surface area contributed by atoms with E-state index in [-0.39, 0.29) is 0 Å². The van der Waals surface area contributed by atoms with Gasteiger partial charge in [-0.25, -0.2) is 0 Å². The van der Waals surface area contributed by atoms with Gasteiger partial charge in [0, 0.05) is 18.2 Å². The van der Waals surface area contributed by atoms with E-state index < -0.39 is 0 Å². The molecule has 0 saturated carbocycles. The third-order valence-electron chi connectivity index (χ3n) is 2.88. The number of rotatable bonds is 4. The van der Waals surface area contributed by atoms with Gasteiger partial charge in [-0.3, -0.25) is 0 Å². The van der Waals surface area contributed by atoms with Crippen LogP contribution in [0.3, 0.4) is 0 Å². The second kappa shape index (κ2) is 5.03. The number of nitrogens with one attached hydrogen (secondary N) is 1. The lowest BCUT2D eigenvalue weighted by Crippen LogP contribution is -2.25. The minimum atomic E-state index is 0.319. The Hall–Kier alpha value is -1.48. The summed E-state index contributed by atoms with van der Waals surface area (Å²) < 4.78 is 5.13. The Kier molecular flexibility index (Phi) is 3.47. The maximum absolute atomic E-state index is 9.69. The molecule has 0 spiro atoms. The van der Waals surface area contributed by atoms with Crippen molar-refractivity contribution in [2.45, 2.75) is 25.4 Å². The van der Waals surface area contributed by atoms with E-state index in [1.807, 2.05) is 6.07 Å². The SMILES string of the molecule is COc1ccc(O)c(CNC2CC=CC2)c1. The van der Waals surface area contributed by atoms with Crippen molar-refractivity contribution in [3.8, 4) is 11.5 Å². The van der Waals surface area contributed by atoms with Crippen LogP contribution in [0.2, 0.25) is 0 Å². The molecule has 3 heteroatoms. The van der Waals surface area contributed by atoms with Gasteiger partial charge in [0.15, 0.2) is 0 Å². The highest BCUT2D eigenvalue weighted by atomic mass is 16.5. The molecule has 1 aromatic carbocycles. The summed E-state index contributed by atoms with van der Waals surface area (Å²) in [5.41, 5.74) is 0.881. The van der Waals surface area contributed by atoms with E-state index in [1.54, 1.807) is 19.2 Å². The second-order valence-electron chi connectivity index (χ2n) is 4.02. The summed E-state index contributed by atoms with van der Waals surface area (Å²) in [7, 11) is 1.63. The van der Waals surface area contributed by atoms with E-state index in [2.05, 4.69) is 17.5 Å². The molecule has 0 unspecified atom stereocenters. The number of benzene rings is 1. The number of phenolic OH excluding ortho intramolecular Hbond substituents is 1. The highest BCUT2D eigenvalue weighted by molar-refractivity contribution is 5.39. The summed E-state index contributed by atoms with van der Waals surface area (Å²) in [5.74, 6) is 1.10. The third kappa shape index (κ3) is 2.55. The fourth-order valence-electron chi connectivity index (χ4n) is 1.87. The Bertz CT molecular complexity index is 380. The molecule has 0 aromatic heterocycles. The maximum atomic E-state index is 9.69. The summed E-state index contributed by atoms with van der Waals surface area (Å²) in [5, 5.41) is 13.1. The molecule has 1 aliphatic carbocycles. The van der Waals surface area contributed by atoms with E-state index in [4.69, 9.17) is 4.74 Å². The minimum absolute atomic E-state index is 0.319. The highest BCUT2D eigenvalue weighted by Gasteiger charge is 2.10. The molecule has 0 fully saturated rings. The van der Waals surface area contributed by atoms with Crippen molar-refractivity contribution >= 4 is 0 Å². The molecule has 0 bridgehead atoms. The van der Waals surface area contributed by atoms with Crippen molar-refractivity contribution in [2.75, 3.05) is 7.11 Å². The van der Waals surface area contributed by atoms with Gasteiger partial charge in [0.2, 0.25) is 0 Å². The average Bonchev–Trinajstić information content (AvgIpc) is 2.81. The Balaban J connectivity index is 1.97. The van der Waals surface area contributed by atoms with Crippen molar-refractivity contribution in [3.05, 3.63) is 35.9 Å². The number of ether oxygens (including phenoxy) is 1. The molecule has 3 nitrogen and oxygen atoms in total. The molecule has 16 heavy (non-hydrogen) atoms. The molecule has 1 aliphatic rings. The fraction of sp³-hybridized carbons (Fsp3) is 0.385. The van der Waals surface area contributed by atoms with Crippen LogP contribution < -0.4 is 10.1 Å². The standard InChI is InChI=1S/C13H17NO2/c1-16-12-6-7-13(15)10(8-12)9-14-11-4-2-3-5-11/h2-3,6-8,11,14-15H,4-5,9H2,1H3. The molecular formula is C13H17NO2. The van der Waals surface area contributed by atoms with Crippen LogP contribution in [-0.2, 0) is 6.54 Å². The van der Waals surface area contributed by atoms with Crippen molar-refractivity contribution in [3.63, 3.8) is 0 Å². The Labute approximate surface area is 95.7 Å². The number of phenols is 1. The van der Waals surface area contributed by atoms with Crippen LogP contribution in [0.4, 0.5) is 0 Å². The van der Waals surface area contributed by atoms with Gasteiger partial charge < -0.3 is 15.2 Å².